The van der Waals surface area contributed by atoms with E-state index in [1.165, 1.54) is 6.26 Å². The predicted octanol–water partition coefficient (Wildman–Crippen LogP) is 1.70. The normalized spacial score (nSPS) is 26.4. The number of hydrogen-bond donors (Lipinski definition) is 0. The average molecular weight is 219 g/mol. The van der Waals surface area contributed by atoms with Crippen molar-refractivity contribution in [2.24, 2.45) is 11.3 Å². The van der Waals surface area contributed by atoms with E-state index in [9.17, 15) is 8.42 Å². The lowest BCUT2D eigenvalue weighted by Gasteiger charge is -2.38. The molecule has 0 spiro atoms. The molecule has 1 aliphatic rings. The predicted molar refractivity (Wildman–Crippen MR) is 58.6 cm³/mol. The van der Waals surface area contributed by atoms with E-state index in [1.54, 1.807) is 4.31 Å². The van der Waals surface area contributed by atoms with Gasteiger partial charge in [-0.3, -0.25) is 0 Å². The second kappa shape index (κ2) is 3.81. The van der Waals surface area contributed by atoms with Gasteiger partial charge < -0.3 is 0 Å². The first kappa shape index (κ1) is 12.0. The van der Waals surface area contributed by atoms with Gasteiger partial charge in [0.25, 0.3) is 0 Å². The van der Waals surface area contributed by atoms with Gasteiger partial charge in [-0.15, -0.1) is 0 Å². The summed E-state index contributed by atoms with van der Waals surface area (Å²) in [7, 11) is -2.99. The van der Waals surface area contributed by atoms with E-state index >= 15 is 0 Å². The van der Waals surface area contributed by atoms with Crippen molar-refractivity contribution in [2.75, 3.05) is 19.3 Å². The molecule has 0 aromatic rings. The summed E-state index contributed by atoms with van der Waals surface area (Å²) in [6.45, 7) is 7.95. The molecule has 0 aromatic carbocycles. The molecule has 1 saturated heterocycles. The van der Waals surface area contributed by atoms with Gasteiger partial charge in [-0.05, 0) is 24.2 Å². The monoisotopic (exact) mass is 219 g/mol. The molecule has 3 nitrogen and oxygen atoms in total. The lowest BCUT2D eigenvalue weighted by atomic mass is 9.77. The van der Waals surface area contributed by atoms with E-state index in [1.807, 2.05) is 0 Å². The summed E-state index contributed by atoms with van der Waals surface area (Å²) in [4.78, 5) is 0. The van der Waals surface area contributed by atoms with Crippen LogP contribution in [0.3, 0.4) is 0 Å². The van der Waals surface area contributed by atoms with E-state index in [2.05, 4.69) is 20.8 Å². The molecule has 4 heteroatoms. The van der Waals surface area contributed by atoms with Crippen LogP contribution in [0.2, 0.25) is 0 Å². The Morgan fingerprint density at radius 3 is 2.29 bits per heavy atom. The van der Waals surface area contributed by atoms with Gasteiger partial charge in [0.05, 0.1) is 6.26 Å². The molecular weight excluding hydrogens is 198 g/mol. The fourth-order valence-electron chi connectivity index (χ4n) is 1.95. The Morgan fingerprint density at radius 1 is 1.29 bits per heavy atom. The van der Waals surface area contributed by atoms with Crippen molar-refractivity contribution < 1.29 is 8.42 Å². The average Bonchev–Trinajstić information content (AvgIpc) is 2.01. The molecule has 0 bridgehead atoms. The SMILES string of the molecule is CC(C)(C)[C@@H]1CCCN(S(C)(=O)=O)C1. The van der Waals surface area contributed by atoms with Crippen LogP contribution in [-0.2, 0) is 10.0 Å². The maximum atomic E-state index is 11.4. The summed E-state index contributed by atoms with van der Waals surface area (Å²) in [5, 5.41) is 0. The molecule has 0 radical (unpaired) electrons. The van der Waals surface area contributed by atoms with Crippen LogP contribution in [0.5, 0.6) is 0 Å². The lowest BCUT2D eigenvalue weighted by Crippen LogP contribution is -2.43. The number of piperidine rings is 1. The van der Waals surface area contributed by atoms with Gasteiger partial charge in [0.1, 0.15) is 0 Å². The minimum atomic E-state index is -2.99. The fourth-order valence-corrected chi connectivity index (χ4v) is 2.86. The largest absolute Gasteiger partial charge is 0.213 e. The van der Waals surface area contributed by atoms with E-state index in [-0.39, 0.29) is 5.41 Å². The first-order valence-electron chi connectivity index (χ1n) is 5.16. The van der Waals surface area contributed by atoms with E-state index in [0.717, 1.165) is 12.8 Å². The molecule has 0 N–H and O–H groups in total. The number of nitrogens with zero attached hydrogens (tertiary/aromatic N) is 1. The van der Waals surface area contributed by atoms with Crippen molar-refractivity contribution in [3.8, 4) is 0 Å². The summed E-state index contributed by atoms with van der Waals surface area (Å²) >= 11 is 0. The Morgan fingerprint density at radius 2 is 1.86 bits per heavy atom. The highest BCUT2D eigenvalue weighted by molar-refractivity contribution is 7.88. The van der Waals surface area contributed by atoms with Gasteiger partial charge in [0.2, 0.25) is 10.0 Å². The smallest absolute Gasteiger partial charge is 0.211 e. The summed E-state index contributed by atoms with van der Waals surface area (Å²) < 4.78 is 24.4. The molecule has 1 heterocycles. The molecule has 0 unspecified atom stereocenters. The van der Waals surface area contributed by atoms with Crippen LogP contribution in [0.4, 0.5) is 0 Å². The maximum Gasteiger partial charge on any atom is 0.211 e. The Balaban J connectivity index is 2.71. The van der Waals surface area contributed by atoms with Crippen LogP contribution >= 0.6 is 0 Å². The maximum absolute atomic E-state index is 11.4. The molecule has 14 heavy (non-hydrogen) atoms. The fraction of sp³-hybridized carbons (Fsp3) is 1.00. The van der Waals surface area contributed by atoms with Crippen LogP contribution in [0.25, 0.3) is 0 Å². The van der Waals surface area contributed by atoms with Crippen molar-refractivity contribution >= 4 is 10.0 Å². The second-order valence-electron chi connectivity index (χ2n) is 5.33. The van der Waals surface area contributed by atoms with Gasteiger partial charge in [-0.25, -0.2) is 12.7 Å². The molecule has 0 amide bonds. The first-order valence-corrected chi connectivity index (χ1v) is 7.01. The first-order chi connectivity index (χ1) is 6.21. The van der Waals surface area contributed by atoms with E-state index in [0.29, 0.717) is 19.0 Å². The van der Waals surface area contributed by atoms with Gasteiger partial charge in [0, 0.05) is 13.1 Å². The standard InChI is InChI=1S/C10H21NO2S/c1-10(2,3)9-6-5-7-11(8-9)14(4,12)13/h9H,5-8H2,1-4H3/t9-/m1/s1. The zero-order chi connectivity index (χ0) is 11.0. The summed E-state index contributed by atoms with van der Waals surface area (Å²) in [6, 6.07) is 0. The molecule has 0 aliphatic carbocycles. The summed E-state index contributed by atoms with van der Waals surface area (Å²) in [5.41, 5.74) is 0.212. The quantitative estimate of drug-likeness (QED) is 0.673. The summed E-state index contributed by atoms with van der Waals surface area (Å²) in [5.74, 6) is 0.492. The van der Waals surface area contributed by atoms with Crippen LogP contribution < -0.4 is 0 Å². The molecule has 1 atom stereocenters. The van der Waals surface area contributed by atoms with Crippen molar-refractivity contribution in [1.82, 2.24) is 4.31 Å². The summed E-state index contributed by atoms with van der Waals surface area (Å²) in [6.07, 6.45) is 3.45. The van der Waals surface area contributed by atoms with Crippen LogP contribution in [0, 0.1) is 11.3 Å². The highest BCUT2D eigenvalue weighted by Crippen LogP contribution is 2.33. The number of rotatable bonds is 1. The molecule has 0 saturated carbocycles. The lowest BCUT2D eigenvalue weighted by molar-refractivity contribution is 0.148. The molecule has 1 rings (SSSR count). The molecule has 1 aliphatic heterocycles. The molecule has 84 valence electrons. The minimum absolute atomic E-state index is 0.212. The van der Waals surface area contributed by atoms with Gasteiger partial charge >= 0.3 is 0 Å². The third kappa shape index (κ3) is 2.95. The van der Waals surface area contributed by atoms with Crippen molar-refractivity contribution in [3.05, 3.63) is 0 Å². The van der Waals surface area contributed by atoms with Crippen LogP contribution in [0.15, 0.2) is 0 Å². The van der Waals surface area contributed by atoms with Crippen molar-refractivity contribution in [1.29, 1.82) is 0 Å². The molecule has 0 aromatic heterocycles. The van der Waals surface area contributed by atoms with Gasteiger partial charge in [-0.2, -0.15) is 0 Å². The number of sulfonamides is 1. The molecule has 1 fully saturated rings. The van der Waals surface area contributed by atoms with Crippen molar-refractivity contribution in [2.45, 2.75) is 33.6 Å². The Labute approximate surface area is 87.5 Å². The third-order valence-electron chi connectivity index (χ3n) is 3.08. The highest BCUT2D eigenvalue weighted by atomic mass is 32.2. The van der Waals surface area contributed by atoms with Crippen molar-refractivity contribution in [3.63, 3.8) is 0 Å². The van der Waals surface area contributed by atoms with Crippen LogP contribution in [0.1, 0.15) is 33.6 Å². The third-order valence-corrected chi connectivity index (χ3v) is 4.35. The topological polar surface area (TPSA) is 37.4 Å². The van der Waals surface area contributed by atoms with Gasteiger partial charge in [0.15, 0.2) is 0 Å². The number of hydrogen-bond acceptors (Lipinski definition) is 2. The zero-order valence-corrected chi connectivity index (χ0v) is 10.4. The van der Waals surface area contributed by atoms with Gasteiger partial charge in [-0.1, -0.05) is 20.8 Å². The van der Waals surface area contributed by atoms with E-state index < -0.39 is 10.0 Å². The minimum Gasteiger partial charge on any atom is -0.213 e. The van der Waals surface area contributed by atoms with Crippen LogP contribution in [-0.4, -0.2) is 32.1 Å². The Bertz CT molecular complexity index is 290. The molecular formula is C10H21NO2S. The Hall–Kier alpha value is -0.0900. The second-order valence-corrected chi connectivity index (χ2v) is 7.31. The van der Waals surface area contributed by atoms with E-state index in [4.69, 9.17) is 0 Å². The zero-order valence-electron chi connectivity index (χ0n) is 9.58. The highest BCUT2D eigenvalue weighted by Gasteiger charge is 2.32. The Kier molecular flexibility index (Phi) is 3.26.